The highest BCUT2D eigenvalue weighted by molar-refractivity contribution is 7.97. The molecule has 3 nitrogen and oxygen atoms in total. The highest BCUT2D eigenvalue weighted by Gasteiger charge is 2.40. The highest BCUT2D eigenvalue weighted by Crippen LogP contribution is 2.35. The molecular weight excluding hydrogens is 366 g/mol. The van der Waals surface area contributed by atoms with Crippen molar-refractivity contribution in [1.82, 2.24) is 14.1 Å². The molecule has 0 spiro atoms. The Balaban J connectivity index is 1.80. The molecule has 0 amide bonds. The molecule has 0 saturated carbocycles. The average Bonchev–Trinajstić information content (AvgIpc) is 2.89. The SMILES string of the molecule is Fc1ccc([C@@H](NSc2ccn3c(Cl)cnc3c2)C(F)(F)F)cc1. The quantitative estimate of drug-likeness (QED) is 0.512. The summed E-state index contributed by atoms with van der Waals surface area (Å²) in [4.78, 5) is 4.59. The molecule has 9 heteroatoms. The van der Waals surface area contributed by atoms with Gasteiger partial charge in [0.15, 0.2) is 0 Å². The van der Waals surface area contributed by atoms with Crippen LogP contribution >= 0.6 is 23.5 Å². The number of aromatic nitrogens is 2. The summed E-state index contributed by atoms with van der Waals surface area (Å²) in [6, 6.07) is 5.52. The minimum atomic E-state index is -4.52. The Morgan fingerprint density at radius 3 is 2.54 bits per heavy atom. The van der Waals surface area contributed by atoms with Gasteiger partial charge in [-0.15, -0.1) is 0 Å². The number of fused-ring (bicyclic) bond motifs is 1. The monoisotopic (exact) mass is 375 g/mol. The van der Waals surface area contributed by atoms with E-state index in [2.05, 4.69) is 9.71 Å². The van der Waals surface area contributed by atoms with Gasteiger partial charge in [-0.25, -0.2) is 14.1 Å². The molecule has 0 aliphatic carbocycles. The van der Waals surface area contributed by atoms with Crippen molar-refractivity contribution in [2.75, 3.05) is 0 Å². The molecule has 0 bridgehead atoms. The van der Waals surface area contributed by atoms with Gasteiger partial charge in [-0.3, -0.25) is 4.40 Å². The summed E-state index contributed by atoms with van der Waals surface area (Å²) < 4.78 is 56.7. The third-order valence-electron chi connectivity index (χ3n) is 3.26. The number of rotatable bonds is 4. The van der Waals surface area contributed by atoms with E-state index >= 15 is 0 Å². The Bertz CT molecular complexity index is 848. The number of halogens is 5. The summed E-state index contributed by atoms with van der Waals surface area (Å²) in [6.07, 6.45) is -1.45. The van der Waals surface area contributed by atoms with E-state index in [0.29, 0.717) is 15.7 Å². The molecule has 0 aliphatic heterocycles. The molecule has 3 rings (SSSR count). The van der Waals surface area contributed by atoms with Crippen LogP contribution in [-0.4, -0.2) is 15.6 Å². The first-order chi connectivity index (χ1) is 11.3. The van der Waals surface area contributed by atoms with Gasteiger partial charge in [0.05, 0.1) is 6.20 Å². The van der Waals surface area contributed by atoms with E-state index < -0.39 is 18.0 Å². The number of imidazole rings is 1. The first-order valence-electron chi connectivity index (χ1n) is 6.72. The lowest BCUT2D eigenvalue weighted by Crippen LogP contribution is -2.30. The molecule has 0 aliphatic rings. The van der Waals surface area contributed by atoms with Crippen LogP contribution in [0.5, 0.6) is 0 Å². The van der Waals surface area contributed by atoms with Crippen LogP contribution in [-0.2, 0) is 0 Å². The van der Waals surface area contributed by atoms with Gasteiger partial charge in [0.2, 0.25) is 0 Å². The van der Waals surface area contributed by atoms with E-state index in [1.807, 2.05) is 0 Å². The van der Waals surface area contributed by atoms with Crippen LogP contribution in [0.4, 0.5) is 17.6 Å². The number of alkyl halides is 3. The zero-order chi connectivity index (χ0) is 17.3. The van der Waals surface area contributed by atoms with E-state index in [4.69, 9.17) is 11.6 Å². The topological polar surface area (TPSA) is 29.3 Å². The maximum Gasteiger partial charge on any atom is 0.408 e. The van der Waals surface area contributed by atoms with E-state index in [-0.39, 0.29) is 5.56 Å². The van der Waals surface area contributed by atoms with Gasteiger partial charge in [-0.1, -0.05) is 23.7 Å². The smallest absolute Gasteiger partial charge is 0.290 e. The summed E-state index contributed by atoms with van der Waals surface area (Å²) in [5.74, 6) is -0.589. The van der Waals surface area contributed by atoms with Gasteiger partial charge in [0, 0.05) is 11.1 Å². The van der Waals surface area contributed by atoms with Crippen LogP contribution < -0.4 is 4.72 Å². The third-order valence-corrected chi connectivity index (χ3v) is 4.39. The number of hydrogen-bond donors (Lipinski definition) is 1. The standard InChI is InChI=1S/C15H10ClF4N3S/c16-12-8-21-13-7-11(5-6-23(12)13)24-22-14(15(18,19)20)9-1-3-10(17)4-2-9/h1-8,14,22H/t14-/m1/s1. The van der Waals surface area contributed by atoms with E-state index in [1.54, 1.807) is 22.7 Å². The second-order valence-electron chi connectivity index (χ2n) is 4.92. The normalized spacial score (nSPS) is 13.4. The molecule has 2 heterocycles. The maximum atomic E-state index is 13.3. The minimum absolute atomic E-state index is 0.0682. The summed E-state index contributed by atoms with van der Waals surface area (Å²) in [7, 11) is 0. The number of pyridine rings is 1. The fourth-order valence-corrected chi connectivity index (χ4v) is 3.11. The molecule has 1 N–H and O–H groups in total. The second kappa shape index (κ2) is 6.62. The molecule has 24 heavy (non-hydrogen) atoms. The number of nitrogens with zero attached hydrogens (tertiary/aromatic N) is 2. The average molecular weight is 376 g/mol. The molecule has 3 aromatic rings. The zero-order valence-corrected chi connectivity index (χ0v) is 13.5. The molecule has 0 unspecified atom stereocenters. The summed E-state index contributed by atoms with van der Waals surface area (Å²) in [5, 5.41) is 0.411. The van der Waals surface area contributed by atoms with Crippen LogP contribution in [0.3, 0.4) is 0 Å². The fraction of sp³-hybridized carbons (Fsp3) is 0.133. The van der Waals surface area contributed by atoms with E-state index in [1.165, 1.54) is 6.20 Å². The van der Waals surface area contributed by atoms with E-state index in [0.717, 1.165) is 36.2 Å². The Hall–Kier alpha value is -1.77. The van der Waals surface area contributed by atoms with Crippen molar-refractivity contribution in [1.29, 1.82) is 0 Å². The van der Waals surface area contributed by atoms with Crippen LogP contribution in [0.2, 0.25) is 5.15 Å². The minimum Gasteiger partial charge on any atom is -0.290 e. The predicted octanol–water partition coefficient (Wildman–Crippen LogP) is 5.03. The lowest BCUT2D eigenvalue weighted by molar-refractivity contribution is -0.152. The molecule has 2 aromatic heterocycles. The number of hydrogen-bond acceptors (Lipinski definition) is 3. The number of benzene rings is 1. The molecule has 0 radical (unpaired) electrons. The Kier molecular flexibility index (Phi) is 4.71. The van der Waals surface area contributed by atoms with Crippen LogP contribution in [0.25, 0.3) is 5.65 Å². The Labute approximate surface area is 143 Å². The van der Waals surface area contributed by atoms with Crippen molar-refractivity contribution in [3.63, 3.8) is 0 Å². The maximum absolute atomic E-state index is 13.3. The van der Waals surface area contributed by atoms with Gasteiger partial charge in [0.25, 0.3) is 0 Å². The summed E-state index contributed by atoms with van der Waals surface area (Å²) in [6.45, 7) is 0. The first-order valence-corrected chi connectivity index (χ1v) is 7.91. The van der Waals surface area contributed by atoms with Crippen molar-refractivity contribution in [2.45, 2.75) is 17.1 Å². The van der Waals surface area contributed by atoms with Crippen molar-refractivity contribution in [3.05, 3.63) is 65.3 Å². The first kappa shape index (κ1) is 17.1. The van der Waals surface area contributed by atoms with Crippen molar-refractivity contribution in [3.8, 4) is 0 Å². The lowest BCUT2D eigenvalue weighted by Gasteiger charge is -2.21. The Morgan fingerprint density at radius 2 is 1.88 bits per heavy atom. The van der Waals surface area contributed by atoms with Crippen molar-refractivity contribution in [2.24, 2.45) is 0 Å². The van der Waals surface area contributed by atoms with Crippen LogP contribution in [0.1, 0.15) is 11.6 Å². The fourth-order valence-electron chi connectivity index (χ4n) is 2.10. The Morgan fingerprint density at radius 1 is 1.17 bits per heavy atom. The lowest BCUT2D eigenvalue weighted by atomic mass is 10.1. The van der Waals surface area contributed by atoms with Crippen molar-refractivity contribution < 1.29 is 17.6 Å². The molecular formula is C15H10ClF4N3S. The molecule has 1 aromatic carbocycles. The molecule has 0 saturated heterocycles. The number of nitrogens with one attached hydrogen (secondary N) is 1. The molecule has 1 atom stereocenters. The third kappa shape index (κ3) is 3.66. The largest absolute Gasteiger partial charge is 0.408 e. The highest BCUT2D eigenvalue weighted by atomic mass is 35.5. The summed E-state index contributed by atoms with van der Waals surface area (Å²) >= 11 is 6.72. The van der Waals surface area contributed by atoms with Crippen LogP contribution in [0.15, 0.2) is 53.7 Å². The van der Waals surface area contributed by atoms with Crippen LogP contribution in [0, 0.1) is 5.82 Å². The van der Waals surface area contributed by atoms with Gasteiger partial charge < -0.3 is 0 Å². The van der Waals surface area contributed by atoms with Gasteiger partial charge in [-0.05, 0) is 41.8 Å². The van der Waals surface area contributed by atoms with Gasteiger partial charge in [-0.2, -0.15) is 13.2 Å². The molecule has 0 fully saturated rings. The van der Waals surface area contributed by atoms with E-state index in [9.17, 15) is 17.6 Å². The zero-order valence-electron chi connectivity index (χ0n) is 11.9. The summed E-state index contributed by atoms with van der Waals surface area (Å²) in [5.41, 5.74) is 0.457. The van der Waals surface area contributed by atoms with Crippen molar-refractivity contribution >= 4 is 29.2 Å². The second-order valence-corrected chi connectivity index (χ2v) is 6.22. The predicted molar refractivity (Wildman–Crippen MR) is 84.4 cm³/mol. The van der Waals surface area contributed by atoms with Gasteiger partial charge in [0.1, 0.15) is 22.7 Å². The van der Waals surface area contributed by atoms with Gasteiger partial charge >= 0.3 is 6.18 Å². The molecule has 126 valence electrons.